The molecule has 2 aliphatic heterocycles. The van der Waals surface area contributed by atoms with Crippen molar-refractivity contribution in [3.8, 4) is 0 Å². The van der Waals surface area contributed by atoms with Crippen LogP contribution < -0.4 is 5.32 Å². The third-order valence-electron chi connectivity index (χ3n) is 4.29. The van der Waals surface area contributed by atoms with Crippen LogP contribution in [0.3, 0.4) is 0 Å². The van der Waals surface area contributed by atoms with E-state index in [2.05, 4.69) is 5.32 Å². The summed E-state index contributed by atoms with van der Waals surface area (Å²) in [5.41, 5.74) is 0.745. The van der Waals surface area contributed by atoms with Crippen LogP contribution >= 0.6 is 0 Å². The van der Waals surface area contributed by atoms with E-state index in [9.17, 15) is 12.8 Å². The summed E-state index contributed by atoms with van der Waals surface area (Å²) in [5, 5.41) is 3.21. The lowest BCUT2D eigenvalue weighted by atomic mass is 9.66. The Bertz CT molecular complexity index is 566. The van der Waals surface area contributed by atoms with Crippen LogP contribution in [0, 0.1) is 11.7 Å². The van der Waals surface area contributed by atoms with Gasteiger partial charge in [-0.1, -0.05) is 12.1 Å². The molecule has 2 aliphatic rings. The number of rotatable bonds is 2. The summed E-state index contributed by atoms with van der Waals surface area (Å²) in [6.45, 7) is 1.49. The maximum Gasteiger partial charge on any atom is 0.150 e. The van der Waals surface area contributed by atoms with E-state index in [0.29, 0.717) is 6.42 Å². The number of nitrogens with one attached hydrogen (secondary N) is 1. The quantitative estimate of drug-likeness (QED) is 0.874. The van der Waals surface area contributed by atoms with Gasteiger partial charge in [0.1, 0.15) is 5.82 Å². The van der Waals surface area contributed by atoms with E-state index >= 15 is 0 Å². The van der Waals surface area contributed by atoms with E-state index in [0.717, 1.165) is 18.7 Å². The monoisotopic (exact) mass is 269 g/mol. The number of sulfone groups is 1. The highest BCUT2D eigenvalue weighted by Gasteiger charge is 2.49. The van der Waals surface area contributed by atoms with Crippen molar-refractivity contribution in [3.63, 3.8) is 0 Å². The van der Waals surface area contributed by atoms with Crippen LogP contribution in [0.25, 0.3) is 0 Å². The fourth-order valence-corrected chi connectivity index (χ4v) is 5.06. The van der Waals surface area contributed by atoms with Crippen LogP contribution in [0.1, 0.15) is 12.0 Å². The minimum atomic E-state index is -2.89. The van der Waals surface area contributed by atoms with Gasteiger partial charge in [0.15, 0.2) is 9.84 Å². The van der Waals surface area contributed by atoms with Gasteiger partial charge in [-0.15, -0.1) is 0 Å². The summed E-state index contributed by atoms with van der Waals surface area (Å²) < 4.78 is 36.6. The molecule has 3 rings (SSSR count). The molecule has 0 amide bonds. The van der Waals surface area contributed by atoms with Gasteiger partial charge in [-0.3, -0.25) is 0 Å². The van der Waals surface area contributed by atoms with Gasteiger partial charge in [0.25, 0.3) is 0 Å². The molecule has 0 bridgehead atoms. The summed E-state index contributed by atoms with van der Waals surface area (Å²) in [7, 11) is -2.89. The Balaban J connectivity index is 1.96. The number of benzene rings is 1. The van der Waals surface area contributed by atoms with Crippen LogP contribution in [0.4, 0.5) is 4.39 Å². The highest BCUT2D eigenvalue weighted by atomic mass is 32.2. The van der Waals surface area contributed by atoms with Gasteiger partial charge in [-0.2, -0.15) is 0 Å². The second kappa shape index (κ2) is 4.03. The van der Waals surface area contributed by atoms with Crippen molar-refractivity contribution in [1.29, 1.82) is 0 Å². The molecule has 3 nitrogen and oxygen atoms in total. The minimum Gasteiger partial charge on any atom is -0.315 e. The zero-order valence-corrected chi connectivity index (χ0v) is 10.8. The topological polar surface area (TPSA) is 46.2 Å². The van der Waals surface area contributed by atoms with Gasteiger partial charge >= 0.3 is 0 Å². The Labute approximate surface area is 106 Å². The molecule has 1 unspecified atom stereocenters. The second-order valence-electron chi connectivity index (χ2n) is 5.37. The third-order valence-corrected chi connectivity index (χ3v) is 6.06. The number of hydrogen-bond acceptors (Lipinski definition) is 3. The average Bonchev–Trinajstić information content (AvgIpc) is 2.58. The van der Waals surface area contributed by atoms with E-state index in [4.69, 9.17) is 0 Å². The van der Waals surface area contributed by atoms with E-state index in [1.165, 1.54) is 6.07 Å². The van der Waals surface area contributed by atoms with Crippen LogP contribution in [0.15, 0.2) is 24.3 Å². The highest BCUT2D eigenvalue weighted by molar-refractivity contribution is 7.91. The molecule has 2 fully saturated rings. The highest BCUT2D eigenvalue weighted by Crippen LogP contribution is 2.42. The van der Waals surface area contributed by atoms with Gasteiger partial charge in [0.05, 0.1) is 11.5 Å². The lowest BCUT2D eigenvalue weighted by Crippen LogP contribution is -2.61. The first-order valence-electron chi connectivity index (χ1n) is 6.19. The van der Waals surface area contributed by atoms with E-state index in [1.54, 1.807) is 12.1 Å². The summed E-state index contributed by atoms with van der Waals surface area (Å²) in [5.74, 6) is 0.380. The fraction of sp³-hybridized carbons (Fsp3) is 0.538. The van der Waals surface area contributed by atoms with Crippen LogP contribution in [-0.2, 0) is 15.3 Å². The molecule has 1 atom stereocenters. The molecule has 98 valence electrons. The van der Waals surface area contributed by atoms with E-state index in [-0.39, 0.29) is 28.7 Å². The summed E-state index contributed by atoms with van der Waals surface area (Å²) in [6.07, 6.45) is 0.695. The first-order valence-corrected chi connectivity index (χ1v) is 8.01. The van der Waals surface area contributed by atoms with Crippen LogP contribution in [-0.4, -0.2) is 33.0 Å². The number of halogens is 1. The van der Waals surface area contributed by atoms with Crippen molar-refractivity contribution in [2.45, 2.75) is 11.8 Å². The molecule has 2 saturated heterocycles. The predicted octanol–water partition coefficient (Wildman–Crippen LogP) is 1.10. The molecular formula is C13H16FNO2S. The molecule has 0 saturated carbocycles. The largest absolute Gasteiger partial charge is 0.315 e. The molecule has 0 radical (unpaired) electrons. The van der Waals surface area contributed by atoms with Crippen molar-refractivity contribution in [2.24, 2.45) is 5.92 Å². The normalized spacial score (nSPS) is 28.8. The van der Waals surface area contributed by atoms with Crippen molar-refractivity contribution >= 4 is 9.84 Å². The van der Waals surface area contributed by atoms with Crippen molar-refractivity contribution in [2.75, 3.05) is 24.6 Å². The Hall–Kier alpha value is -0.940. The maximum atomic E-state index is 13.4. The van der Waals surface area contributed by atoms with Gasteiger partial charge in [-0.25, -0.2) is 12.8 Å². The molecule has 1 N–H and O–H groups in total. The van der Waals surface area contributed by atoms with Gasteiger partial charge in [0.2, 0.25) is 0 Å². The van der Waals surface area contributed by atoms with Crippen LogP contribution in [0.2, 0.25) is 0 Å². The smallest absolute Gasteiger partial charge is 0.150 e. The molecule has 0 aliphatic carbocycles. The zero-order chi connectivity index (χ0) is 12.8. The standard InChI is InChI=1S/C13H16FNO2S/c14-12-3-1-2-10(6-12)13(8-15-9-13)11-4-5-18(16,17)7-11/h1-3,6,11,15H,4-5,7-9H2. The molecule has 1 aromatic carbocycles. The lowest BCUT2D eigenvalue weighted by molar-refractivity contribution is 0.189. The molecular weight excluding hydrogens is 253 g/mol. The number of hydrogen-bond donors (Lipinski definition) is 1. The molecule has 1 aromatic rings. The molecule has 5 heteroatoms. The summed E-state index contributed by atoms with van der Waals surface area (Å²) in [6, 6.07) is 6.59. The molecule has 0 aromatic heterocycles. The fourth-order valence-electron chi connectivity index (χ4n) is 3.15. The predicted molar refractivity (Wildman–Crippen MR) is 67.7 cm³/mol. The SMILES string of the molecule is O=S1(=O)CCC(C2(c3cccc(F)c3)CNC2)C1. The first-order chi connectivity index (χ1) is 8.52. The van der Waals surface area contributed by atoms with E-state index < -0.39 is 9.84 Å². The summed E-state index contributed by atoms with van der Waals surface area (Å²) >= 11 is 0. The van der Waals surface area contributed by atoms with Gasteiger partial charge in [0, 0.05) is 18.5 Å². The molecule has 0 spiro atoms. The van der Waals surface area contributed by atoms with E-state index in [1.807, 2.05) is 6.07 Å². The van der Waals surface area contributed by atoms with Gasteiger partial charge < -0.3 is 5.32 Å². The Kier molecular flexibility index (Phi) is 2.71. The zero-order valence-electron chi connectivity index (χ0n) is 10.0. The average molecular weight is 269 g/mol. The molecule has 2 heterocycles. The van der Waals surface area contributed by atoms with Crippen LogP contribution in [0.5, 0.6) is 0 Å². The van der Waals surface area contributed by atoms with Crippen molar-refractivity contribution < 1.29 is 12.8 Å². The lowest BCUT2D eigenvalue weighted by Gasteiger charge is -2.47. The van der Waals surface area contributed by atoms with Crippen molar-refractivity contribution in [3.05, 3.63) is 35.6 Å². The Morgan fingerprint density at radius 2 is 2.11 bits per heavy atom. The minimum absolute atomic E-state index is 0.116. The van der Waals surface area contributed by atoms with Gasteiger partial charge in [-0.05, 0) is 30.0 Å². The Morgan fingerprint density at radius 1 is 1.33 bits per heavy atom. The Morgan fingerprint density at radius 3 is 2.61 bits per heavy atom. The molecule has 18 heavy (non-hydrogen) atoms. The second-order valence-corrected chi connectivity index (χ2v) is 7.60. The summed E-state index contributed by atoms with van der Waals surface area (Å²) in [4.78, 5) is 0. The van der Waals surface area contributed by atoms with Crippen molar-refractivity contribution in [1.82, 2.24) is 5.32 Å². The third kappa shape index (κ3) is 1.86. The first kappa shape index (κ1) is 12.1. The maximum absolute atomic E-state index is 13.4.